The molecule has 3 aliphatic rings. The maximum atomic E-state index is 14.5. The Morgan fingerprint density at radius 3 is 1.94 bits per heavy atom. The van der Waals surface area contributed by atoms with Crippen molar-refractivity contribution in [3.8, 4) is 11.8 Å². The summed E-state index contributed by atoms with van der Waals surface area (Å²) < 4.78 is 40.0. The third-order valence-corrected chi connectivity index (χ3v) is 17.2. The van der Waals surface area contributed by atoms with Crippen LogP contribution in [0.15, 0.2) is 59.7 Å². The number of pyridine rings is 1. The maximum Gasteiger partial charge on any atom is 0.317 e. The third kappa shape index (κ3) is 26.8. The van der Waals surface area contributed by atoms with Crippen LogP contribution in [0.3, 0.4) is 0 Å². The Balaban J connectivity index is 1.05. The van der Waals surface area contributed by atoms with Crippen LogP contribution in [0.1, 0.15) is 80.6 Å². The van der Waals surface area contributed by atoms with Crippen molar-refractivity contribution < 1.29 is 81.5 Å². The number of carboxylic acid groups (broad SMARTS) is 3. The van der Waals surface area contributed by atoms with Crippen LogP contribution in [0, 0.1) is 14.9 Å². The Kier molecular flexibility index (Phi) is 31.4. The number of fused-ring (bicyclic) bond motifs is 1. The van der Waals surface area contributed by atoms with E-state index in [1.54, 1.807) is 55.7 Å². The highest BCUT2D eigenvalue weighted by Gasteiger charge is 2.47. The van der Waals surface area contributed by atoms with E-state index in [1.807, 2.05) is 24.3 Å². The fraction of sp³-hybridized carbons (Fsp3) is 0.578. The first-order valence-corrected chi connectivity index (χ1v) is 33.1. The number of amides is 6. The molecule has 0 saturated carbocycles. The second kappa shape index (κ2) is 39.2. The number of rotatable bonds is 32. The van der Waals surface area contributed by atoms with Gasteiger partial charge in [0.1, 0.15) is 23.9 Å². The molecule has 0 bridgehead atoms. The van der Waals surface area contributed by atoms with Crippen LogP contribution < -0.4 is 26.0 Å². The summed E-state index contributed by atoms with van der Waals surface area (Å²) in [4.78, 5) is 150. The third-order valence-electron chi connectivity index (χ3n) is 16.5. The number of ether oxygens (including phenoxy) is 2. The van der Waals surface area contributed by atoms with E-state index in [-0.39, 0.29) is 116 Å². The lowest BCUT2D eigenvalue weighted by Crippen LogP contribution is -2.58. The van der Waals surface area contributed by atoms with Crippen molar-refractivity contribution in [2.45, 2.75) is 95.2 Å². The van der Waals surface area contributed by atoms with Crippen LogP contribution in [-0.2, 0) is 54.3 Å². The van der Waals surface area contributed by atoms with Crippen molar-refractivity contribution >= 4 is 98.6 Å². The quantitative estimate of drug-likeness (QED) is 0.0153. The molecule has 3 aliphatic heterocycles. The molecule has 32 heteroatoms. The van der Waals surface area contributed by atoms with Crippen LogP contribution in [0.25, 0.3) is 10.9 Å². The fourth-order valence-corrected chi connectivity index (χ4v) is 11.7. The van der Waals surface area contributed by atoms with Crippen LogP contribution in [0.4, 0.5) is 8.78 Å². The van der Waals surface area contributed by atoms with E-state index in [9.17, 15) is 77.3 Å². The number of aryl methyl sites for hydroxylation is 1. The molecular formula is C64H87F2IN14O15. The summed E-state index contributed by atoms with van der Waals surface area (Å²) >= 11 is 2.23. The number of methoxy groups -OCH3 is 1. The van der Waals surface area contributed by atoms with Gasteiger partial charge in [0.05, 0.1) is 82.4 Å². The average molecular weight is 1460 g/mol. The van der Waals surface area contributed by atoms with Crippen molar-refractivity contribution in [3.63, 3.8) is 0 Å². The Morgan fingerprint density at radius 2 is 1.34 bits per heavy atom. The number of alkyl halides is 2. The van der Waals surface area contributed by atoms with Crippen LogP contribution >= 0.6 is 22.6 Å². The number of carbonyl (C=O) groups is 10. The van der Waals surface area contributed by atoms with Gasteiger partial charge in [0.25, 0.3) is 11.8 Å². The summed E-state index contributed by atoms with van der Waals surface area (Å²) in [6.45, 7) is 2.59. The first kappa shape index (κ1) is 76.9. The molecule has 4 heterocycles. The van der Waals surface area contributed by atoms with E-state index < -0.39 is 103 Å². The standard InChI is InChI=1S/C64H87F2IN14O15/c1-44(72-54(82)10-7-8-45-11-13-46(67)14-12-45)69-18-4-3-9-52(73-55(83)39-76-21-23-77(40-57(85)86)25-27-79(42-59(89)90)28-26-78(24-22-76)41-58(87)88)62(93)74-53(35-60(91)95-2)63(94)80-31-29-75(30-32-80)20-5-6-33-96-48-15-16-51-50(34-48)49(17-19-70-51)61(92)71-38-56(84)81-43-64(65,66)36-47(81)37-68/h11-17,19,34,47,52-53H,3-10,18,20-33,35-36,38-43H2,1-2H3,(H,71,92)(H,73,83)(H,74,93)(H,85,86)(H,87,88)(H,89,90)(H,69,72,82)/t47-,52+,53+/m1/s1. The second-order valence-corrected chi connectivity index (χ2v) is 25.2. The average Bonchev–Trinajstić information content (AvgIpc) is 1.37. The zero-order valence-corrected chi connectivity index (χ0v) is 56.4. The number of benzene rings is 2. The van der Waals surface area contributed by atoms with Gasteiger partial charge in [-0.3, -0.25) is 82.4 Å². The lowest BCUT2D eigenvalue weighted by atomic mass is 10.1. The highest BCUT2D eigenvalue weighted by atomic mass is 127. The molecule has 0 aliphatic carbocycles. The minimum Gasteiger partial charge on any atom is -0.494 e. The van der Waals surface area contributed by atoms with Gasteiger partial charge in [0, 0.05) is 113 Å². The van der Waals surface area contributed by atoms with Gasteiger partial charge in [-0.1, -0.05) is 12.1 Å². The summed E-state index contributed by atoms with van der Waals surface area (Å²) in [6.07, 6.45) is 3.91. The lowest BCUT2D eigenvalue weighted by molar-refractivity contribution is -0.147. The summed E-state index contributed by atoms with van der Waals surface area (Å²) in [5, 5.41) is 49.6. The molecule has 0 unspecified atom stereocenters. The molecular weight excluding hydrogens is 1370 g/mol. The van der Waals surface area contributed by atoms with Gasteiger partial charge >= 0.3 is 23.9 Å². The number of hydrogen-bond donors (Lipinski definition) is 7. The van der Waals surface area contributed by atoms with E-state index in [1.165, 1.54) is 12.3 Å². The number of halogens is 3. The van der Waals surface area contributed by atoms with Crippen molar-refractivity contribution in [3.05, 3.63) is 69.4 Å². The van der Waals surface area contributed by atoms with Crippen molar-refractivity contribution in [1.29, 1.82) is 5.26 Å². The van der Waals surface area contributed by atoms with Gasteiger partial charge in [-0.2, -0.15) is 5.26 Å². The van der Waals surface area contributed by atoms with Crippen LogP contribution in [-0.4, -0.2) is 288 Å². The topological polar surface area (TPSA) is 370 Å². The molecule has 96 heavy (non-hydrogen) atoms. The van der Waals surface area contributed by atoms with E-state index in [2.05, 4.69) is 58.7 Å². The van der Waals surface area contributed by atoms with E-state index >= 15 is 0 Å². The van der Waals surface area contributed by atoms with Crippen molar-refractivity contribution in [2.24, 2.45) is 4.99 Å². The molecule has 3 fully saturated rings. The van der Waals surface area contributed by atoms with Crippen molar-refractivity contribution in [2.75, 3.05) is 145 Å². The number of nitriles is 1. The molecule has 0 radical (unpaired) electrons. The molecule has 2 aromatic carbocycles. The molecule has 3 aromatic rings. The van der Waals surface area contributed by atoms with Gasteiger partial charge in [0.2, 0.25) is 29.5 Å². The number of piperazine rings is 1. The molecule has 6 amide bonds. The maximum absolute atomic E-state index is 14.5. The first-order valence-electron chi connectivity index (χ1n) is 32.0. The van der Waals surface area contributed by atoms with E-state index in [0.717, 1.165) is 27.6 Å². The molecule has 7 N–H and O–H groups in total. The molecule has 3 saturated heterocycles. The second-order valence-electron chi connectivity index (χ2n) is 23.9. The van der Waals surface area contributed by atoms with E-state index in [4.69, 9.17) is 9.47 Å². The van der Waals surface area contributed by atoms with Gasteiger partial charge in [-0.25, -0.2) is 8.78 Å². The van der Waals surface area contributed by atoms with Crippen molar-refractivity contribution in [1.82, 2.24) is 60.6 Å². The number of aromatic nitrogens is 1. The number of aliphatic carboxylic acids is 3. The minimum absolute atomic E-state index is 0.0526. The monoisotopic (exact) mass is 1460 g/mol. The highest BCUT2D eigenvalue weighted by molar-refractivity contribution is 14.1. The summed E-state index contributed by atoms with van der Waals surface area (Å²) in [6, 6.07) is 12.3. The zero-order valence-electron chi connectivity index (χ0n) is 54.2. The predicted molar refractivity (Wildman–Crippen MR) is 354 cm³/mol. The Labute approximate surface area is 569 Å². The van der Waals surface area contributed by atoms with Crippen LogP contribution in [0.2, 0.25) is 0 Å². The summed E-state index contributed by atoms with van der Waals surface area (Å²) in [7, 11) is 1.15. The minimum atomic E-state index is -3.20. The SMILES string of the molecule is COC(=O)C[C@H](NC(=O)[C@H](CCCC/N=C(\C)NC(=O)CCCc1ccc(I)cc1)NC(=O)CN1CCN(CC(=O)O)CCN(CC(=O)O)CCN(CC(=O)O)CC1)C(=O)N1CCN(CCCCOc2ccc3nccc(C(=O)NCC(=O)N4CC(F)(F)C[C@@H]4C#N)c3c2)CC1. The fourth-order valence-electron chi connectivity index (χ4n) is 11.3. The Hall–Kier alpha value is -8.10. The van der Waals surface area contributed by atoms with E-state index in [0.29, 0.717) is 87.3 Å². The number of nitrogens with zero attached hydrogens (tertiary/aromatic N) is 10. The number of likely N-dealkylation sites (tertiary alicyclic amines) is 1. The molecule has 524 valence electrons. The van der Waals surface area contributed by atoms with Gasteiger partial charge < -0.3 is 55.9 Å². The number of aliphatic imine (C=N–C) groups is 1. The number of hydrogen-bond acceptors (Lipinski definition) is 20. The molecule has 0 spiro atoms. The molecule has 1 aromatic heterocycles. The highest BCUT2D eigenvalue weighted by Crippen LogP contribution is 2.32. The molecule has 6 rings (SSSR count). The predicted octanol–water partition coefficient (Wildman–Crippen LogP) is 1.37. The Morgan fingerprint density at radius 1 is 0.740 bits per heavy atom. The number of carbonyl (C=O) groups excluding carboxylic acids is 7. The zero-order chi connectivity index (χ0) is 69.7. The Bertz CT molecular complexity index is 3210. The normalized spacial score (nSPS) is 17.8. The lowest BCUT2D eigenvalue weighted by Gasteiger charge is -2.36. The smallest absolute Gasteiger partial charge is 0.317 e. The molecule has 3 atom stereocenters. The summed E-state index contributed by atoms with van der Waals surface area (Å²) in [5.74, 6) is -10.0. The van der Waals surface area contributed by atoms with Crippen LogP contribution in [0.5, 0.6) is 5.75 Å². The number of nitrogens with one attached hydrogen (secondary N) is 4. The molecule has 29 nitrogen and oxygen atoms in total. The number of unbranched alkanes of at least 4 members (excludes halogenated alkanes) is 2. The first-order chi connectivity index (χ1) is 45.9. The summed E-state index contributed by atoms with van der Waals surface area (Å²) in [5.41, 5.74) is 1.77. The number of esters is 1. The largest absolute Gasteiger partial charge is 0.494 e. The number of carboxylic acids is 3. The van der Waals surface area contributed by atoms with Gasteiger partial charge in [0.15, 0.2) is 0 Å². The van der Waals surface area contributed by atoms with Gasteiger partial charge in [-0.05, 0) is 123 Å². The number of amidine groups is 1. The van der Waals surface area contributed by atoms with Gasteiger partial charge in [-0.15, -0.1) is 0 Å².